The summed E-state index contributed by atoms with van der Waals surface area (Å²) < 4.78 is 5.36. The summed E-state index contributed by atoms with van der Waals surface area (Å²) in [5.74, 6) is 0.674. The maximum Gasteiger partial charge on any atom is 0.220 e. The molecule has 0 aliphatic heterocycles. The lowest BCUT2D eigenvalue weighted by Gasteiger charge is -2.08. The number of carbonyl (C=O) groups excluding carboxylic acids is 1. The van der Waals surface area contributed by atoms with Crippen LogP contribution in [0.2, 0.25) is 10.0 Å². The number of hydrogen-bond donors (Lipinski definition) is 1. The summed E-state index contributed by atoms with van der Waals surface area (Å²) in [6, 6.07) is 11.0. The van der Waals surface area contributed by atoms with Crippen LogP contribution in [0.4, 0.5) is 0 Å². The van der Waals surface area contributed by atoms with Crippen LogP contribution in [0.1, 0.15) is 17.5 Å². The quantitative estimate of drug-likeness (QED) is 0.667. The van der Waals surface area contributed by atoms with Crippen molar-refractivity contribution in [1.29, 1.82) is 0 Å². The molecule has 0 aliphatic rings. The van der Waals surface area contributed by atoms with Gasteiger partial charge in [-0.2, -0.15) is 0 Å². The third-order valence-electron chi connectivity index (χ3n) is 3.75. The van der Waals surface area contributed by atoms with Crippen LogP contribution in [0.5, 0.6) is 0 Å². The van der Waals surface area contributed by atoms with E-state index in [0.29, 0.717) is 29.4 Å². The lowest BCUT2D eigenvalue weighted by molar-refractivity contribution is -0.121. The number of benzene rings is 1. The largest absolute Gasteiger partial charge is 0.464 e. The molecule has 25 heavy (non-hydrogen) atoms. The highest BCUT2D eigenvalue weighted by atomic mass is 35.5. The number of amides is 1. The Balaban J connectivity index is 1.55. The Morgan fingerprint density at radius 2 is 1.92 bits per heavy atom. The van der Waals surface area contributed by atoms with Gasteiger partial charge >= 0.3 is 0 Å². The minimum absolute atomic E-state index is 0.0700. The molecule has 0 bridgehead atoms. The Morgan fingerprint density at radius 3 is 2.64 bits per heavy atom. The molecule has 0 aliphatic carbocycles. The van der Waals surface area contributed by atoms with Gasteiger partial charge in [0.25, 0.3) is 0 Å². The van der Waals surface area contributed by atoms with Gasteiger partial charge in [0.2, 0.25) is 5.91 Å². The Kier molecular flexibility index (Phi) is 5.74. The summed E-state index contributed by atoms with van der Waals surface area (Å²) in [5.41, 5.74) is 2.57. The highest BCUT2D eigenvalue weighted by Gasteiger charge is 2.09. The fourth-order valence-electron chi connectivity index (χ4n) is 2.46. The van der Waals surface area contributed by atoms with E-state index < -0.39 is 0 Å². The second-order valence-corrected chi connectivity index (χ2v) is 6.35. The zero-order valence-electron chi connectivity index (χ0n) is 13.3. The van der Waals surface area contributed by atoms with Crippen molar-refractivity contribution in [3.8, 4) is 11.3 Å². The molecule has 0 saturated carbocycles. The number of furan rings is 1. The lowest BCUT2D eigenvalue weighted by Crippen LogP contribution is -2.23. The van der Waals surface area contributed by atoms with Crippen molar-refractivity contribution in [1.82, 2.24) is 10.3 Å². The predicted molar refractivity (Wildman–Crippen MR) is 98.6 cm³/mol. The Hall–Kier alpha value is -2.30. The first kappa shape index (κ1) is 17.5. The average Bonchev–Trinajstić information content (AvgIpc) is 3.14. The molecule has 4 nitrogen and oxygen atoms in total. The van der Waals surface area contributed by atoms with Gasteiger partial charge in [0.1, 0.15) is 5.76 Å². The number of hydrogen-bond acceptors (Lipinski definition) is 3. The number of nitrogens with zero attached hydrogens (tertiary/aromatic N) is 1. The first-order valence-corrected chi connectivity index (χ1v) is 8.56. The van der Waals surface area contributed by atoms with E-state index in [1.807, 2.05) is 18.2 Å². The van der Waals surface area contributed by atoms with Gasteiger partial charge < -0.3 is 9.73 Å². The van der Waals surface area contributed by atoms with Crippen LogP contribution in [-0.4, -0.2) is 10.9 Å². The molecule has 128 valence electrons. The molecule has 1 N–H and O–H groups in total. The Bertz CT molecular complexity index is 843. The summed E-state index contributed by atoms with van der Waals surface area (Å²) in [5, 5.41) is 4.04. The van der Waals surface area contributed by atoms with Gasteiger partial charge in [-0.25, -0.2) is 0 Å². The molecule has 2 heterocycles. The van der Waals surface area contributed by atoms with Crippen LogP contribution in [0.25, 0.3) is 11.3 Å². The molecule has 0 saturated heterocycles. The average molecular weight is 375 g/mol. The molecule has 3 aromatic rings. The van der Waals surface area contributed by atoms with Gasteiger partial charge in [-0.05, 0) is 47.9 Å². The number of halogens is 2. The number of aromatic nitrogens is 1. The predicted octanol–water partition coefficient (Wildman–Crippen LogP) is 4.90. The molecule has 0 atom stereocenters. The second-order valence-electron chi connectivity index (χ2n) is 5.54. The zero-order valence-corrected chi connectivity index (χ0v) is 14.8. The molecule has 0 spiro atoms. The SMILES string of the molecule is O=C(CCc1c(Cl)cccc1Cl)NCc1cncc(-c2ccco2)c1. The molecule has 0 fully saturated rings. The molecule has 6 heteroatoms. The van der Waals surface area contributed by atoms with E-state index >= 15 is 0 Å². The van der Waals surface area contributed by atoms with E-state index in [9.17, 15) is 4.79 Å². The summed E-state index contributed by atoms with van der Waals surface area (Å²) >= 11 is 12.2. The minimum atomic E-state index is -0.0700. The van der Waals surface area contributed by atoms with Crippen LogP contribution in [0.15, 0.2) is 59.5 Å². The van der Waals surface area contributed by atoms with Gasteiger partial charge in [-0.1, -0.05) is 29.3 Å². The van der Waals surface area contributed by atoms with Crippen LogP contribution in [0.3, 0.4) is 0 Å². The molecule has 1 aromatic carbocycles. The molecular formula is C19H16Cl2N2O2. The second kappa shape index (κ2) is 8.19. The van der Waals surface area contributed by atoms with Gasteiger partial charge in [-0.15, -0.1) is 0 Å². The highest BCUT2D eigenvalue weighted by Crippen LogP contribution is 2.25. The fraction of sp³-hybridized carbons (Fsp3) is 0.158. The van der Waals surface area contributed by atoms with Crippen LogP contribution < -0.4 is 5.32 Å². The maximum atomic E-state index is 12.1. The van der Waals surface area contributed by atoms with Gasteiger partial charge in [-0.3, -0.25) is 9.78 Å². The lowest BCUT2D eigenvalue weighted by atomic mass is 10.1. The van der Waals surface area contributed by atoms with Gasteiger partial charge in [0.05, 0.1) is 6.26 Å². The minimum Gasteiger partial charge on any atom is -0.464 e. The monoisotopic (exact) mass is 374 g/mol. The van der Waals surface area contributed by atoms with E-state index in [1.54, 1.807) is 36.9 Å². The van der Waals surface area contributed by atoms with Crippen molar-refractivity contribution in [3.63, 3.8) is 0 Å². The summed E-state index contributed by atoms with van der Waals surface area (Å²) in [4.78, 5) is 16.3. The van der Waals surface area contributed by atoms with Crippen molar-refractivity contribution in [2.75, 3.05) is 0 Å². The van der Waals surface area contributed by atoms with Crippen molar-refractivity contribution in [3.05, 3.63) is 76.2 Å². The summed E-state index contributed by atoms with van der Waals surface area (Å²) in [6.07, 6.45) is 5.87. The fourth-order valence-corrected chi connectivity index (χ4v) is 3.05. The van der Waals surface area contributed by atoms with Crippen molar-refractivity contribution in [2.24, 2.45) is 0 Å². The third-order valence-corrected chi connectivity index (χ3v) is 4.46. The summed E-state index contributed by atoms with van der Waals surface area (Å²) in [7, 11) is 0. The van der Waals surface area contributed by atoms with Crippen LogP contribution >= 0.6 is 23.2 Å². The van der Waals surface area contributed by atoms with Crippen LogP contribution in [0, 0.1) is 0 Å². The molecule has 2 aromatic heterocycles. The summed E-state index contributed by atoms with van der Waals surface area (Å²) in [6.45, 7) is 0.399. The number of pyridine rings is 1. The molecule has 0 radical (unpaired) electrons. The van der Waals surface area contributed by atoms with E-state index in [0.717, 1.165) is 22.5 Å². The molecule has 1 amide bonds. The number of carbonyl (C=O) groups is 1. The van der Waals surface area contributed by atoms with Gasteiger partial charge in [0.15, 0.2) is 0 Å². The Morgan fingerprint density at radius 1 is 1.12 bits per heavy atom. The normalized spacial score (nSPS) is 10.6. The zero-order chi connectivity index (χ0) is 17.6. The molecule has 0 unspecified atom stereocenters. The third kappa shape index (κ3) is 4.62. The van der Waals surface area contributed by atoms with E-state index in [2.05, 4.69) is 10.3 Å². The van der Waals surface area contributed by atoms with Crippen molar-refractivity contribution >= 4 is 29.1 Å². The van der Waals surface area contributed by atoms with Gasteiger partial charge in [0, 0.05) is 41.0 Å². The van der Waals surface area contributed by atoms with Crippen LogP contribution in [-0.2, 0) is 17.8 Å². The van der Waals surface area contributed by atoms with E-state index in [-0.39, 0.29) is 5.91 Å². The first-order chi connectivity index (χ1) is 12.1. The highest BCUT2D eigenvalue weighted by molar-refractivity contribution is 6.36. The van der Waals surface area contributed by atoms with Crippen molar-refractivity contribution < 1.29 is 9.21 Å². The van der Waals surface area contributed by atoms with E-state index in [1.165, 1.54) is 0 Å². The van der Waals surface area contributed by atoms with Crippen molar-refractivity contribution in [2.45, 2.75) is 19.4 Å². The molecule has 3 rings (SSSR count). The smallest absolute Gasteiger partial charge is 0.220 e. The standard InChI is InChI=1S/C19H16Cl2N2O2/c20-16-3-1-4-17(21)15(16)6-7-19(24)23-11-13-9-14(12-22-10-13)18-5-2-8-25-18/h1-5,8-10,12H,6-7,11H2,(H,23,24). The molecular weight excluding hydrogens is 359 g/mol. The Labute approximate surface area is 155 Å². The van der Waals surface area contributed by atoms with E-state index in [4.69, 9.17) is 27.6 Å². The topological polar surface area (TPSA) is 55.1 Å². The first-order valence-electron chi connectivity index (χ1n) is 7.81. The number of rotatable bonds is 6. The number of nitrogens with one attached hydrogen (secondary N) is 1. The maximum absolute atomic E-state index is 12.1.